The minimum atomic E-state index is -4.59. The topological polar surface area (TPSA) is 69.2 Å². The van der Waals surface area contributed by atoms with Gasteiger partial charge in [0.15, 0.2) is 0 Å². The minimum Gasteiger partial charge on any atom is -0.327 e. The second-order valence-corrected chi connectivity index (χ2v) is 3.97. The Kier molecular flexibility index (Phi) is 4.28. The summed E-state index contributed by atoms with van der Waals surface area (Å²) in [5.74, 6) is 0. The highest BCUT2D eigenvalue weighted by atomic mass is 19.4. The average Bonchev–Trinajstić information content (AvgIpc) is 2.27. The van der Waals surface area contributed by atoms with Gasteiger partial charge in [0.05, 0.1) is 10.5 Å². The molecule has 0 saturated carbocycles. The van der Waals surface area contributed by atoms with Gasteiger partial charge < -0.3 is 5.73 Å². The molecule has 0 heterocycles. The van der Waals surface area contributed by atoms with Gasteiger partial charge in [-0.2, -0.15) is 13.2 Å². The Morgan fingerprint density at radius 3 is 2.50 bits per heavy atom. The van der Waals surface area contributed by atoms with E-state index in [1.54, 1.807) is 6.92 Å². The summed E-state index contributed by atoms with van der Waals surface area (Å²) in [5, 5.41) is 10.8. The molecule has 1 unspecified atom stereocenters. The average molecular weight is 262 g/mol. The lowest BCUT2D eigenvalue weighted by molar-refractivity contribution is -0.385. The lowest BCUT2D eigenvalue weighted by Crippen LogP contribution is -2.22. The summed E-state index contributed by atoms with van der Waals surface area (Å²) in [5.41, 5.74) is 4.32. The van der Waals surface area contributed by atoms with Crippen molar-refractivity contribution in [1.29, 1.82) is 0 Å². The van der Waals surface area contributed by atoms with Crippen molar-refractivity contribution >= 4 is 5.69 Å². The van der Waals surface area contributed by atoms with Crippen LogP contribution in [0.1, 0.15) is 24.5 Å². The fourth-order valence-electron chi connectivity index (χ4n) is 1.51. The quantitative estimate of drug-likeness (QED) is 0.670. The van der Waals surface area contributed by atoms with Crippen molar-refractivity contribution in [2.75, 3.05) is 0 Å². The smallest absolute Gasteiger partial charge is 0.327 e. The number of halogens is 3. The highest BCUT2D eigenvalue weighted by Gasteiger charge is 2.33. The van der Waals surface area contributed by atoms with Gasteiger partial charge in [0, 0.05) is 17.7 Å². The predicted octanol–water partition coefficient (Wildman–Crippen LogP) is 2.89. The summed E-state index contributed by atoms with van der Waals surface area (Å²) in [6.45, 7) is 1.81. The van der Waals surface area contributed by atoms with Gasteiger partial charge in [-0.05, 0) is 18.9 Å². The molecular weight excluding hydrogens is 249 g/mol. The van der Waals surface area contributed by atoms with Crippen LogP contribution in [0.15, 0.2) is 18.2 Å². The molecule has 0 aliphatic heterocycles. The molecule has 0 aromatic heterocycles. The Morgan fingerprint density at radius 1 is 1.44 bits per heavy atom. The van der Waals surface area contributed by atoms with E-state index in [0.717, 1.165) is 12.1 Å². The first-order valence-electron chi connectivity index (χ1n) is 5.35. The van der Waals surface area contributed by atoms with Gasteiger partial charge in [0.25, 0.3) is 5.69 Å². The molecule has 1 rings (SSSR count). The molecule has 0 bridgehead atoms. The van der Waals surface area contributed by atoms with E-state index in [9.17, 15) is 23.3 Å². The lowest BCUT2D eigenvalue weighted by atomic mass is 10.0. The molecule has 7 heteroatoms. The maximum absolute atomic E-state index is 12.4. The largest absolute Gasteiger partial charge is 0.416 e. The van der Waals surface area contributed by atoms with E-state index in [0.29, 0.717) is 12.5 Å². The zero-order valence-electron chi connectivity index (χ0n) is 9.70. The van der Waals surface area contributed by atoms with Gasteiger partial charge in [0.2, 0.25) is 0 Å². The van der Waals surface area contributed by atoms with Crippen LogP contribution in [0.2, 0.25) is 0 Å². The first kappa shape index (κ1) is 14.4. The number of nitro benzene ring substituents is 1. The Hall–Kier alpha value is -1.63. The summed E-state index contributed by atoms with van der Waals surface area (Å²) in [4.78, 5) is 9.96. The third-order valence-corrected chi connectivity index (χ3v) is 2.62. The summed E-state index contributed by atoms with van der Waals surface area (Å²) in [7, 11) is 0. The number of nitrogens with two attached hydrogens (primary N) is 1. The third kappa shape index (κ3) is 3.43. The van der Waals surface area contributed by atoms with Crippen LogP contribution in [0.5, 0.6) is 0 Å². The molecule has 0 spiro atoms. The van der Waals surface area contributed by atoms with Gasteiger partial charge in [-0.1, -0.05) is 13.0 Å². The number of nitrogens with zero attached hydrogens (tertiary/aromatic N) is 1. The summed E-state index contributed by atoms with van der Waals surface area (Å²) in [6, 6.07) is 2.21. The zero-order valence-corrected chi connectivity index (χ0v) is 9.70. The number of nitro groups is 1. The van der Waals surface area contributed by atoms with Gasteiger partial charge >= 0.3 is 6.18 Å². The second kappa shape index (κ2) is 5.34. The van der Waals surface area contributed by atoms with E-state index in [4.69, 9.17) is 5.73 Å². The van der Waals surface area contributed by atoms with Crippen LogP contribution in [0.25, 0.3) is 0 Å². The molecule has 100 valence electrons. The Balaban J connectivity index is 3.17. The minimum absolute atomic E-state index is 0.185. The Labute approximate surface area is 102 Å². The number of hydrogen-bond donors (Lipinski definition) is 1. The number of alkyl halides is 3. The Morgan fingerprint density at radius 2 is 2.06 bits per heavy atom. The predicted molar refractivity (Wildman–Crippen MR) is 60.1 cm³/mol. The van der Waals surface area contributed by atoms with E-state index >= 15 is 0 Å². The molecule has 1 atom stereocenters. The van der Waals surface area contributed by atoms with Crippen LogP contribution in [0, 0.1) is 10.1 Å². The van der Waals surface area contributed by atoms with Crippen LogP contribution in [-0.4, -0.2) is 11.0 Å². The molecule has 0 aliphatic carbocycles. The van der Waals surface area contributed by atoms with E-state index in [1.165, 1.54) is 0 Å². The fraction of sp³-hybridized carbons (Fsp3) is 0.455. The van der Waals surface area contributed by atoms with Crippen molar-refractivity contribution in [1.82, 2.24) is 0 Å². The highest BCUT2D eigenvalue weighted by Crippen LogP contribution is 2.33. The Bertz CT molecular complexity index is 446. The second-order valence-electron chi connectivity index (χ2n) is 3.97. The van der Waals surface area contributed by atoms with E-state index in [1.807, 2.05) is 0 Å². The van der Waals surface area contributed by atoms with Crippen LogP contribution in [0.3, 0.4) is 0 Å². The molecule has 4 nitrogen and oxygen atoms in total. The van der Waals surface area contributed by atoms with Gasteiger partial charge in [-0.25, -0.2) is 0 Å². The number of hydrogen-bond acceptors (Lipinski definition) is 3. The summed E-state index contributed by atoms with van der Waals surface area (Å²) in [6.07, 6.45) is -3.81. The van der Waals surface area contributed by atoms with E-state index < -0.39 is 22.4 Å². The summed E-state index contributed by atoms with van der Waals surface area (Å²) < 4.78 is 37.3. The summed E-state index contributed by atoms with van der Waals surface area (Å²) >= 11 is 0. The molecule has 18 heavy (non-hydrogen) atoms. The first-order chi connectivity index (χ1) is 8.25. The molecular formula is C11H13F3N2O2. The molecule has 0 fully saturated rings. The molecule has 1 aromatic rings. The maximum atomic E-state index is 12.4. The van der Waals surface area contributed by atoms with Crippen LogP contribution in [0.4, 0.5) is 18.9 Å². The normalized spacial score (nSPS) is 13.4. The van der Waals surface area contributed by atoms with E-state index in [2.05, 4.69) is 0 Å². The monoisotopic (exact) mass is 262 g/mol. The third-order valence-electron chi connectivity index (χ3n) is 2.62. The van der Waals surface area contributed by atoms with Crippen molar-refractivity contribution in [3.8, 4) is 0 Å². The van der Waals surface area contributed by atoms with Crippen molar-refractivity contribution in [2.45, 2.75) is 32.0 Å². The van der Waals surface area contributed by atoms with Crippen LogP contribution >= 0.6 is 0 Å². The molecule has 1 aromatic carbocycles. The fourth-order valence-corrected chi connectivity index (χ4v) is 1.51. The number of rotatable bonds is 4. The van der Waals surface area contributed by atoms with Crippen molar-refractivity contribution in [3.63, 3.8) is 0 Å². The molecule has 0 radical (unpaired) electrons. The van der Waals surface area contributed by atoms with Gasteiger partial charge in [-0.15, -0.1) is 0 Å². The lowest BCUT2D eigenvalue weighted by Gasteiger charge is -2.11. The van der Waals surface area contributed by atoms with Crippen molar-refractivity contribution in [3.05, 3.63) is 39.4 Å². The first-order valence-corrected chi connectivity index (χ1v) is 5.35. The van der Waals surface area contributed by atoms with Gasteiger partial charge in [0.1, 0.15) is 0 Å². The van der Waals surface area contributed by atoms with Crippen LogP contribution in [-0.2, 0) is 12.6 Å². The van der Waals surface area contributed by atoms with Gasteiger partial charge in [-0.3, -0.25) is 10.1 Å². The van der Waals surface area contributed by atoms with Crippen LogP contribution < -0.4 is 5.73 Å². The highest BCUT2D eigenvalue weighted by molar-refractivity contribution is 5.44. The molecule has 0 saturated heterocycles. The van der Waals surface area contributed by atoms with E-state index in [-0.39, 0.29) is 18.0 Å². The maximum Gasteiger partial charge on any atom is 0.416 e. The standard InChI is InChI=1S/C11H13F3N2O2/c1-2-9(15)5-7-3-4-8(11(12,13)14)6-10(7)16(17)18/h3-4,6,9H,2,5,15H2,1H3. The SMILES string of the molecule is CCC(N)Cc1ccc(C(F)(F)F)cc1[N+](=O)[O-]. The molecule has 0 aliphatic rings. The number of benzene rings is 1. The van der Waals surface area contributed by atoms with Crippen molar-refractivity contribution < 1.29 is 18.1 Å². The van der Waals surface area contributed by atoms with Crippen molar-refractivity contribution in [2.24, 2.45) is 5.73 Å². The molecule has 0 amide bonds. The molecule has 2 N–H and O–H groups in total. The zero-order chi connectivity index (χ0) is 13.9.